The van der Waals surface area contributed by atoms with Gasteiger partial charge in [-0.05, 0) is 131 Å². The molecule has 0 unspecified atom stereocenters. The van der Waals surface area contributed by atoms with Crippen molar-refractivity contribution in [1.29, 1.82) is 0 Å². The van der Waals surface area contributed by atoms with Crippen molar-refractivity contribution >= 4 is 53.9 Å². The van der Waals surface area contributed by atoms with Gasteiger partial charge in [-0.3, -0.25) is 9.97 Å². The number of aromatic nitrogens is 2. The molecule has 8 aromatic carbocycles. The molecular formula is C49H32N2. The topological polar surface area (TPSA) is 25.8 Å². The second kappa shape index (κ2) is 11.8. The molecular weight excluding hydrogens is 617 g/mol. The molecule has 0 aliphatic rings. The van der Waals surface area contributed by atoms with Crippen LogP contribution in [0.1, 0.15) is 5.56 Å². The number of hydrogen-bond acceptors (Lipinski definition) is 2. The predicted octanol–water partition coefficient (Wildman–Crippen LogP) is 13.2. The summed E-state index contributed by atoms with van der Waals surface area (Å²) in [7, 11) is 0. The minimum absolute atomic E-state index is 0.877. The molecule has 2 nitrogen and oxygen atoms in total. The average molecular weight is 649 g/mol. The highest BCUT2D eigenvalue weighted by Crippen LogP contribution is 2.41. The Labute approximate surface area is 296 Å². The molecule has 0 N–H and O–H groups in total. The summed E-state index contributed by atoms with van der Waals surface area (Å²) in [6.45, 7) is 2.23. The van der Waals surface area contributed by atoms with Gasteiger partial charge < -0.3 is 0 Å². The lowest BCUT2D eigenvalue weighted by Crippen LogP contribution is -1.89. The van der Waals surface area contributed by atoms with Crippen LogP contribution in [0, 0.1) is 6.92 Å². The zero-order chi connectivity index (χ0) is 33.9. The molecule has 0 aliphatic carbocycles. The summed E-state index contributed by atoms with van der Waals surface area (Å²) in [6, 6.07) is 59.6. The van der Waals surface area contributed by atoms with Crippen molar-refractivity contribution in [3.63, 3.8) is 0 Å². The Morgan fingerprint density at radius 2 is 0.902 bits per heavy atom. The zero-order valence-electron chi connectivity index (χ0n) is 28.1. The molecule has 0 fully saturated rings. The van der Waals surface area contributed by atoms with Gasteiger partial charge in [0.2, 0.25) is 0 Å². The maximum absolute atomic E-state index is 4.69. The predicted molar refractivity (Wildman–Crippen MR) is 216 cm³/mol. The molecule has 0 saturated heterocycles. The summed E-state index contributed by atoms with van der Waals surface area (Å²) < 4.78 is 0. The van der Waals surface area contributed by atoms with Crippen LogP contribution in [0.15, 0.2) is 176 Å². The lowest BCUT2D eigenvalue weighted by molar-refractivity contribution is 1.25. The zero-order valence-corrected chi connectivity index (χ0v) is 28.1. The van der Waals surface area contributed by atoms with Gasteiger partial charge in [0.15, 0.2) is 0 Å². The van der Waals surface area contributed by atoms with Crippen LogP contribution < -0.4 is 0 Å². The highest BCUT2D eigenvalue weighted by Gasteiger charge is 2.14. The fourth-order valence-corrected chi connectivity index (χ4v) is 7.92. The summed E-state index contributed by atoms with van der Waals surface area (Å²) in [5, 5.41) is 12.7. The van der Waals surface area contributed by atoms with Crippen molar-refractivity contribution < 1.29 is 0 Å². The van der Waals surface area contributed by atoms with E-state index in [1.54, 1.807) is 6.20 Å². The Morgan fingerprint density at radius 1 is 0.353 bits per heavy atom. The number of fused-ring (bicyclic) bond motifs is 7. The van der Waals surface area contributed by atoms with Gasteiger partial charge in [0, 0.05) is 18.0 Å². The number of hydrogen-bond donors (Lipinski definition) is 0. The third-order valence-electron chi connectivity index (χ3n) is 10.4. The monoisotopic (exact) mass is 648 g/mol. The van der Waals surface area contributed by atoms with Crippen LogP contribution in [0.3, 0.4) is 0 Å². The Morgan fingerprint density at radius 3 is 1.59 bits per heavy atom. The van der Waals surface area contributed by atoms with Crippen LogP contribution in [0.25, 0.3) is 98.6 Å². The molecule has 2 aromatic heterocycles. The Hall–Kier alpha value is -6.64. The molecule has 0 aliphatic heterocycles. The molecule has 0 radical (unpaired) electrons. The number of aryl methyl sites for hydroxylation is 1. The standard InChI is InChI=1S/C49H32N2/c1-31-7-4-8-32-14-15-34-10-6-12-44(49(34)47(31)32)43-11-5-9-33-16-21-40-29-38(22-24-42(40)48(33)43)36-17-18-37-28-39(20-19-35(37)27-36)41-23-25-46(51-30-41)45-13-2-3-26-50-45/h2-30H,1H3. The van der Waals surface area contributed by atoms with Crippen LogP contribution in [-0.2, 0) is 0 Å². The second-order valence-electron chi connectivity index (χ2n) is 13.5. The first-order chi connectivity index (χ1) is 25.2. The summed E-state index contributed by atoms with van der Waals surface area (Å²) in [5.74, 6) is 0. The van der Waals surface area contributed by atoms with E-state index < -0.39 is 0 Å². The Kier molecular flexibility index (Phi) is 6.75. The van der Waals surface area contributed by atoms with E-state index in [0.29, 0.717) is 0 Å². The van der Waals surface area contributed by atoms with Crippen LogP contribution in [-0.4, -0.2) is 9.97 Å². The average Bonchev–Trinajstić information content (AvgIpc) is 3.20. The highest BCUT2D eigenvalue weighted by atomic mass is 14.8. The highest BCUT2D eigenvalue weighted by molar-refractivity contribution is 6.21. The first-order valence-corrected chi connectivity index (χ1v) is 17.5. The minimum atomic E-state index is 0.877. The van der Waals surface area contributed by atoms with E-state index in [4.69, 9.17) is 4.98 Å². The molecule has 0 bridgehead atoms. The maximum atomic E-state index is 4.69. The van der Waals surface area contributed by atoms with Gasteiger partial charge in [0.05, 0.1) is 11.4 Å². The van der Waals surface area contributed by atoms with E-state index in [0.717, 1.165) is 22.5 Å². The van der Waals surface area contributed by atoms with Gasteiger partial charge in [0.1, 0.15) is 0 Å². The first kappa shape index (κ1) is 29.3. The summed E-state index contributed by atoms with van der Waals surface area (Å²) in [4.78, 5) is 9.12. The van der Waals surface area contributed by atoms with Gasteiger partial charge in [-0.15, -0.1) is 0 Å². The van der Waals surface area contributed by atoms with Crippen LogP contribution in [0.4, 0.5) is 0 Å². The number of benzene rings is 8. The fraction of sp³-hybridized carbons (Fsp3) is 0.0204. The van der Waals surface area contributed by atoms with Crippen molar-refractivity contribution in [2.45, 2.75) is 6.92 Å². The number of nitrogens with zero attached hydrogens (tertiary/aromatic N) is 2. The van der Waals surface area contributed by atoms with Crippen molar-refractivity contribution in [2.24, 2.45) is 0 Å². The third kappa shape index (κ3) is 4.95. The molecule has 10 aromatic rings. The molecule has 0 spiro atoms. The van der Waals surface area contributed by atoms with Crippen molar-refractivity contribution in [2.75, 3.05) is 0 Å². The van der Waals surface area contributed by atoms with Crippen molar-refractivity contribution in [3.8, 4) is 44.8 Å². The van der Waals surface area contributed by atoms with Gasteiger partial charge >= 0.3 is 0 Å². The Bertz CT molecular complexity index is 2960. The minimum Gasteiger partial charge on any atom is -0.255 e. The number of rotatable bonds is 4. The maximum Gasteiger partial charge on any atom is 0.0886 e. The van der Waals surface area contributed by atoms with Gasteiger partial charge in [-0.25, -0.2) is 0 Å². The summed E-state index contributed by atoms with van der Waals surface area (Å²) in [6.07, 6.45) is 3.74. The molecule has 0 saturated carbocycles. The van der Waals surface area contributed by atoms with E-state index in [2.05, 4.69) is 151 Å². The van der Waals surface area contributed by atoms with E-state index in [1.165, 1.54) is 81.7 Å². The lowest BCUT2D eigenvalue weighted by atomic mass is 9.88. The van der Waals surface area contributed by atoms with Gasteiger partial charge in [0.25, 0.3) is 0 Å². The first-order valence-electron chi connectivity index (χ1n) is 17.5. The van der Waals surface area contributed by atoms with Gasteiger partial charge in [-0.1, -0.05) is 127 Å². The normalized spacial score (nSPS) is 11.6. The molecule has 238 valence electrons. The Balaban J connectivity index is 1.05. The molecule has 51 heavy (non-hydrogen) atoms. The lowest BCUT2D eigenvalue weighted by Gasteiger charge is -2.16. The van der Waals surface area contributed by atoms with Crippen molar-refractivity contribution in [3.05, 3.63) is 182 Å². The fourth-order valence-electron chi connectivity index (χ4n) is 7.92. The van der Waals surface area contributed by atoms with Crippen LogP contribution in [0.5, 0.6) is 0 Å². The quantitative estimate of drug-likeness (QED) is 0.178. The SMILES string of the molecule is Cc1cccc2ccc3cccc(-c4cccc5ccc6cc(-c7ccc8cc(-c9ccc(-c%10ccccn%10)nc9)ccc8c7)ccc6c45)c3c12. The summed E-state index contributed by atoms with van der Waals surface area (Å²) in [5.41, 5.74) is 10.3. The van der Waals surface area contributed by atoms with Crippen LogP contribution >= 0.6 is 0 Å². The second-order valence-corrected chi connectivity index (χ2v) is 13.5. The third-order valence-corrected chi connectivity index (χ3v) is 10.4. The van der Waals surface area contributed by atoms with E-state index in [1.807, 2.05) is 30.5 Å². The van der Waals surface area contributed by atoms with E-state index in [-0.39, 0.29) is 0 Å². The smallest absolute Gasteiger partial charge is 0.0886 e. The van der Waals surface area contributed by atoms with Gasteiger partial charge in [-0.2, -0.15) is 0 Å². The largest absolute Gasteiger partial charge is 0.255 e. The summed E-state index contributed by atoms with van der Waals surface area (Å²) >= 11 is 0. The molecule has 10 rings (SSSR count). The number of pyridine rings is 2. The van der Waals surface area contributed by atoms with E-state index >= 15 is 0 Å². The molecule has 2 heterocycles. The van der Waals surface area contributed by atoms with Crippen LogP contribution in [0.2, 0.25) is 0 Å². The molecule has 0 amide bonds. The van der Waals surface area contributed by atoms with Crippen molar-refractivity contribution in [1.82, 2.24) is 9.97 Å². The molecule has 2 heteroatoms. The van der Waals surface area contributed by atoms with E-state index in [9.17, 15) is 0 Å². The molecule has 0 atom stereocenters.